The summed E-state index contributed by atoms with van der Waals surface area (Å²) in [5, 5.41) is 14.9. The minimum atomic E-state index is -4.32. The van der Waals surface area contributed by atoms with Crippen molar-refractivity contribution in [3.05, 3.63) is 0 Å². The molecule has 0 aromatic rings. The molecule has 0 bridgehead atoms. The van der Waals surface area contributed by atoms with Gasteiger partial charge in [-0.3, -0.25) is 28.5 Å². The number of hydrogen-bond donors (Lipinski definition) is 8. The molecule has 0 aromatic carbocycles. The smallest absolute Gasteiger partial charge is 0.312 e. The summed E-state index contributed by atoms with van der Waals surface area (Å²) in [6.07, 6.45) is 0.629. The maximum absolute atomic E-state index is 13.4. The van der Waals surface area contributed by atoms with E-state index >= 15 is 0 Å². The van der Waals surface area contributed by atoms with Gasteiger partial charge in [0.2, 0.25) is 29.5 Å². The first-order chi connectivity index (χ1) is 26.9. The van der Waals surface area contributed by atoms with Crippen LogP contribution in [0.4, 0.5) is 4.79 Å². The van der Waals surface area contributed by atoms with Crippen LogP contribution in [0.2, 0.25) is 0 Å². The van der Waals surface area contributed by atoms with E-state index in [1.54, 1.807) is 13.8 Å². The number of ketones is 1. The zero-order chi connectivity index (χ0) is 43.1. The summed E-state index contributed by atoms with van der Waals surface area (Å²) in [4.78, 5) is 96.4. The van der Waals surface area contributed by atoms with E-state index in [0.717, 1.165) is 0 Å². The van der Waals surface area contributed by atoms with E-state index in [0.29, 0.717) is 45.7 Å². The van der Waals surface area contributed by atoms with Gasteiger partial charge in [-0.15, -0.1) is 0 Å². The van der Waals surface area contributed by atoms with Crippen LogP contribution in [0.1, 0.15) is 65.7 Å². The largest absolute Gasteiger partial charge is 0.379 e. The first-order valence-electron chi connectivity index (χ1n) is 18.6. The predicted octanol–water partition coefficient (Wildman–Crippen LogP) is -2.53. The van der Waals surface area contributed by atoms with Crippen LogP contribution in [-0.4, -0.2) is 157 Å². The van der Waals surface area contributed by atoms with Crippen LogP contribution in [0.25, 0.3) is 0 Å². The van der Waals surface area contributed by atoms with Gasteiger partial charge in [0.1, 0.15) is 24.2 Å². The Hall–Kier alpha value is -4.29. The zero-order valence-corrected chi connectivity index (χ0v) is 33.8. The van der Waals surface area contributed by atoms with Gasteiger partial charge in [0, 0.05) is 45.3 Å². The maximum atomic E-state index is 13.4. The Balaban J connectivity index is 4.79. The highest BCUT2D eigenvalue weighted by molar-refractivity contribution is 7.85. The summed E-state index contributed by atoms with van der Waals surface area (Å²) < 4.78 is 52.4. The highest BCUT2D eigenvalue weighted by atomic mass is 32.2. The van der Waals surface area contributed by atoms with Crippen molar-refractivity contribution in [1.29, 1.82) is 0 Å². The van der Waals surface area contributed by atoms with E-state index in [4.69, 9.17) is 29.2 Å². The second-order valence-corrected chi connectivity index (χ2v) is 14.5. The molecule has 0 heterocycles. The molecule has 0 aliphatic carbocycles. The third kappa shape index (κ3) is 31.5. The Morgan fingerprint density at radius 2 is 1.21 bits per heavy atom. The van der Waals surface area contributed by atoms with Crippen molar-refractivity contribution < 1.29 is 70.3 Å². The predicted molar refractivity (Wildman–Crippen MR) is 203 cm³/mol. The van der Waals surface area contributed by atoms with E-state index in [-0.39, 0.29) is 89.7 Å². The Labute approximate surface area is 333 Å². The number of rotatable bonds is 35. The summed E-state index contributed by atoms with van der Waals surface area (Å²) in [6.45, 7) is 6.65. The summed E-state index contributed by atoms with van der Waals surface area (Å²) in [5.41, 5.74) is 5.02. The average Bonchev–Trinajstić information content (AvgIpc) is 3.13. The van der Waals surface area contributed by atoms with Gasteiger partial charge in [0.15, 0.2) is 0 Å². The molecule has 0 aromatic heterocycles. The molecule has 0 fully saturated rings. The van der Waals surface area contributed by atoms with E-state index in [2.05, 4.69) is 31.9 Å². The molecule has 328 valence electrons. The average molecular weight is 840 g/mol. The van der Waals surface area contributed by atoms with Gasteiger partial charge < -0.3 is 66.2 Å². The number of urea groups is 1. The maximum Gasteiger partial charge on any atom is 0.312 e. The molecule has 7 amide bonds. The summed E-state index contributed by atoms with van der Waals surface area (Å²) in [6, 6.07) is -4.12. The normalized spacial score (nSPS) is 12.8. The fraction of sp³-hybridized carbons (Fsp3) is 0.765. The minimum Gasteiger partial charge on any atom is -0.379 e. The third-order valence-electron chi connectivity index (χ3n) is 7.59. The molecule has 0 saturated heterocycles. The monoisotopic (exact) mass is 839 g/mol. The number of nitrogens with two attached hydrogens (primary N) is 1. The van der Waals surface area contributed by atoms with Crippen LogP contribution in [0.3, 0.4) is 0 Å². The highest BCUT2D eigenvalue weighted by Crippen LogP contribution is 2.07. The van der Waals surface area contributed by atoms with Crippen LogP contribution in [0.15, 0.2) is 0 Å². The van der Waals surface area contributed by atoms with Crippen LogP contribution in [0, 0.1) is 5.92 Å². The van der Waals surface area contributed by atoms with Gasteiger partial charge in [-0.1, -0.05) is 13.8 Å². The quantitative estimate of drug-likeness (QED) is 0.0185. The second kappa shape index (κ2) is 31.8. The fourth-order valence-electron chi connectivity index (χ4n) is 4.55. The molecule has 23 heteroatoms. The summed E-state index contributed by atoms with van der Waals surface area (Å²) in [5.74, 6) is -4.21. The summed E-state index contributed by atoms with van der Waals surface area (Å²) in [7, 11) is -4.32. The Morgan fingerprint density at radius 1 is 0.649 bits per heavy atom. The van der Waals surface area contributed by atoms with Crippen LogP contribution in [-0.2, 0) is 62.6 Å². The molecule has 0 unspecified atom stereocenters. The molecule has 3 atom stereocenters. The van der Waals surface area contributed by atoms with Crippen molar-refractivity contribution in [3.63, 3.8) is 0 Å². The standard InChI is InChI=1S/C34H61N7O15S/c1-24(2)31(33(48)39-26(23-42)5-4-11-38-34(35)49)41-32(47)27(7-9-29(45)37-13-22-57(50,51)52)40-30(46)10-14-53-16-18-55-20-21-56-19-17-54-15-12-36-28(44)8-6-25(3)43/h23-24,26-27,31H,4-22H2,1-3H3,(H,36,44)(H,37,45)(H,39,48)(H,40,46)(H,41,47)(H3,35,38,49)(H,50,51,52)/t26-,27+,31-/m0/s1. The SMILES string of the molecule is CC(=O)CCC(=O)NCCOCCOCCOCCOCCC(=O)N[C@H](CCC(=O)NCCS(=O)(=O)O)C(=O)N[C@H](C(=O)N[C@H](C=O)CCCNC(N)=O)C(C)C. The fourth-order valence-corrected chi connectivity index (χ4v) is 4.91. The van der Waals surface area contributed by atoms with Crippen molar-refractivity contribution in [2.75, 3.05) is 78.2 Å². The van der Waals surface area contributed by atoms with Crippen molar-refractivity contribution in [3.8, 4) is 0 Å². The first-order valence-corrected chi connectivity index (χ1v) is 20.2. The molecular formula is C34H61N7O15S. The third-order valence-corrected chi connectivity index (χ3v) is 8.31. The highest BCUT2D eigenvalue weighted by Gasteiger charge is 2.30. The lowest BCUT2D eigenvalue weighted by molar-refractivity contribution is -0.134. The number of hydrogen-bond acceptors (Lipinski definition) is 14. The number of Topliss-reactive ketones (excluding diaryl/α,β-unsaturated/α-hetero) is 1. The molecule has 57 heavy (non-hydrogen) atoms. The topological polar surface area (TPSA) is 326 Å². The number of carbonyl (C=O) groups is 8. The molecule has 0 radical (unpaired) electrons. The number of primary amides is 1. The molecular weight excluding hydrogens is 778 g/mol. The van der Waals surface area contributed by atoms with Crippen molar-refractivity contribution in [1.82, 2.24) is 31.9 Å². The second-order valence-electron chi connectivity index (χ2n) is 13.0. The van der Waals surface area contributed by atoms with Gasteiger partial charge in [-0.05, 0) is 32.1 Å². The lowest BCUT2D eigenvalue weighted by Gasteiger charge is -2.26. The lowest BCUT2D eigenvalue weighted by atomic mass is 10.0. The van der Waals surface area contributed by atoms with Gasteiger partial charge >= 0.3 is 6.03 Å². The summed E-state index contributed by atoms with van der Waals surface area (Å²) >= 11 is 0. The molecule has 0 aliphatic rings. The van der Waals surface area contributed by atoms with Crippen molar-refractivity contribution in [2.45, 2.75) is 83.8 Å². The van der Waals surface area contributed by atoms with E-state index in [9.17, 15) is 46.8 Å². The number of aldehydes is 1. The van der Waals surface area contributed by atoms with Gasteiger partial charge in [0.05, 0.1) is 64.6 Å². The van der Waals surface area contributed by atoms with Crippen molar-refractivity contribution in [2.24, 2.45) is 11.7 Å². The Morgan fingerprint density at radius 3 is 1.75 bits per heavy atom. The van der Waals surface area contributed by atoms with Gasteiger partial charge in [-0.25, -0.2) is 4.79 Å². The number of amides is 7. The number of carbonyl (C=O) groups excluding carboxylic acids is 8. The first kappa shape index (κ1) is 52.7. The van der Waals surface area contributed by atoms with E-state index in [1.165, 1.54) is 6.92 Å². The van der Waals surface area contributed by atoms with Crippen LogP contribution in [0.5, 0.6) is 0 Å². The molecule has 22 nitrogen and oxygen atoms in total. The van der Waals surface area contributed by atoms with Crippen LogP contribution >= 0.6 is 0 Å². The number of ether oxygens (including phenoxy) is 4. The minimum absolute atomic E-state index is 0.0380. The van der Waals surface area contributed by atoms with E-state index in [1.807, 2.05) is 0 Å². The molecule has 0 spiro atoms. The van der Waals surface area contributed by atoms with Crippen molar-refractivity contribution >= 4 is 57.8 Å². The van der Waals surface area contributed by atoms with Gasteiger partial charge in [-0.2, -0.15) is 8.42 Å². The number of nitrogens with one attached hydrogen (secondary N) is 6. The zero-order valence-electron chi connectivity index (χ0n) is 33.0. The Kier molecular flexibility index (Phi) is 29.4. The van der Waals surface area contributed by atoms with E-state index < -0.39 is 69.6 Å². The molecule has 9 N–H and O–H groups in total. The Bertz CT molecular complexity index is 1370. The van der Waals surface area contributed by atoms with Gasteiger partial charge in [0.25, 0.3) is 10.1 Å². The van der Waals surface area contributed by atoms with Crippen LogP contribution < -0.4 is 37.6 Å². The lowest BCUT2D eigenvalue weighted by Crippen LogP contribution is -2.57. The molecule has 0 rings (SSSR count). The molecule has 0 saturated carbocycles. The molecule has 0 aliphatic heterocycles.